The molecule has 1 amide bonds. The van der Waals surface area contributed by atoms with E-state index in [1.54, 1.807) is 0 Å². The molecule has 1 aliphatic heterocycles. The van der Waals surface area contributed by atoms with Crippen LogP contribution in [-0.4, -0.2) is 48.3 Å². The molecule has 0 saturated carbocycles. The number of hydrogen-bond donors (Lipinski definition) is 1. The van der Waals surface area contributed by atoms with E-state index in [2.05, 4.69) is 0 Å². The number of halogens is 1. The van der Waals surface area contributed by atoms with Crippen molar-refractivity contribution in [2.24, 2.45) is 0 Å². The number of likely N-dealkylation sites (tertiary alicyclic amines) is 1. The Morgan fingerprint density at radius 2 is 2.14 bits per heavy atom. The van der Waals surface area contributed by atoms with Crippen molar-refractivity contribution in [3.05, 3.63) is 34.9 Å². The van der Waals surface area contributed by atoms with Crippen LogP contribution in [0.1, 0.15) is 24.8 Å². The molecule has 0 bridgehead atoms. The zero-order valence-electron chi connectivity index (χ0n) is 12.1. The first-order chi connectivity index (χ1) is 10.2. The molecule has 0 aromatic heterocycles. The zero-order chi connectivity index (χ0) is 15.1. The fraction of sp³-hybridized carbons (Fsp3) is 0.562. The molecule has 0 atom stereocenters. The van der Waals surface area contributed by atoms with Gasteiger partial charge < -0.3 is 14.7 Å². The smallest absolute Gasteiger partial charge is 0.226 e. The highest BCUT2D eigenvalue weighted by molar-refractivity contribution is 6.30. The average molecular weight is 312 g/mol. The molecule has 1 saturated heterocycles. The van der Waals surface area contributed by atoms with Gasteiger partial charge in [-0.15, -0.1) is 0 Å². The van der Waals surface area contributed by atoms with Gasteiger partial charge in [-0.25, -0.2) is 0 Å². The van der Waals surface area contributed by atoms with Crippen LogP contribution in [-0.2, 0) is 16.0 Å². The van der Waals surface area contributed by atoms with Crippen LogP contribution >= 0.6 is 11.6 Å². The number of ether oxygens (including phenoxy) is 1. The normalized spacial score (nSPS) is 16.2. The van der Waals surface area contributed by atoms with E-state index in [1.165, 1.54) is 0 Å². The van der Waals surface area contributed by atoms with Crippen LogP contribution < -0.4 is 0 Å². The predicted molar refractivity (Wildman–Crippen MR) is 82.4 cm³/mol. The summed E-state index contributed by atoms with van der Waals surface area (Å²) >= 11 is 5.93. The van der Waals surface area contributed by atoms with E-state index in [1.807, 2.05) is 29.2 Å². The van der Waals surface area contributed by atoms with Gasteiger partial charge in [-0.3, -0.25) is 4.79 Å². The highest BCUT2D eigenvalue weighted by Gasteiger charge is 2.23. The van der Waals surface area contributed by atoms with Crippen molar-refractivity contribution in [2.75, 3.05) is 26.3 Å². The predicted octanol–water partition coefficient (Wildman–Crippen LogP) is 2.27. The Morgan fingerprint density at radius 3 is 2.81 bits per heavy atom. The topological polar surface area (TPSA) is 49.8 Å². The van der Waals surface area contributed by atoms with E-state index in [9.17, 15) is 4.79 Å². The third-order valence-electron chi connectivity index (χ3n) is 3.70. The van der Waals surface area contributed by atoms with Crippen LogP contribution in [0.4, 0.5) is 0 Å². The maximum Gasteiger partial charge on any atom is 0.226 e. The maximum absolute atomic E-state index is 12.3. The van der Waals surface area contributed by atoms with E-state index in [0.717, 1.165) is 31.5 Å². The highest BCUT2D eigenvalue weighted by atomic mass is 35.5. The molecule has 1 aliphatic rings. The number of nitrogens with zero attached hydrogens (tertiary/aromatic N) is 1. The number of carbonyl (C=O) groups is 1. The molecule has 2 rings (SSSR count). The van der Waals surface area contributed by atoms with Gasteiger partial charge in [0.1, 0.15) is 0 Å². The Hall–Kier alpha value is -1.10. The molecule has 1 N–H and O–H groups in total. The summed E-state index contributed by atoms with van der Waals surface area (Å²) in [5.74, 6) is 0.145. The molecule has 0 radical (unpaired) electrons. The Bertz CT molecular complexity index is 459. The quantitative estimate of drug-likeness (QED) is 0.820. The maximum atomic E-state index is 12.3. The first-order valence-electron chi connectivity index (χ1n) is 7.43. The number of aliphatic hydroxyl groups excluding tert-OH is 1. The molecular weight excluding hydrogens is 290 g/mol. The van der Waals surface area contributed by atoms with Crippen molar-refractivity contribution < 1.29 is 14.6 Å². The van der Waals surface area contributed by atoms with Gasteiger partial charge in [-0.2, -0.15) is 0 Å². The van der Waals surface area contributed by atoms with E-state index < -0.39 is 0 Å². The van der Waals surface area contributed by atoms with Crippen molar-refractivity contribution >= 4 is 17.5 Å². The molecule has 116 valence electrons. The molecule has 1 aromatic carbocycles. The zero-order valence-corrected chi connectivity index (χ0v) is 12.9. The van der Waals surface area contributed by atoms with Crippen molar-refractivity contribution in [2.45, 2.75) is 31.8 Å². The minimum absolute atomic E-state index is 0.145. The molecule has 0 unspecified atom stereocenters. The van der Waals surface area contributed by atoms with E-state index in [0.29, 0.717) is 24.5 Å². The molecule has 0 aliphatic carbocycles. The number of aliphatic hydroxyl groups is 1. The summed E-state index contributed by atoms with van der Waals surface area (Å²) in [4.78, 5) is 14.2. The van der Waals surface area contributed by atoms with Gasteiger partial charge in [0, 0.05) is 31.3 Å². The van der Waals surface area contributed by atoms with Gasteiger partial charge in [0.15, 0.2) is 0 Å². The lowest BCUT2D eigenvalue weighted by atomic mass is 10.1. The molecule has 5 heteroatoms. The Morgan fingerprint density at radius 1 is 1.38 bits per heavy atom. The molecule has 1 fully saturated rings. The lowest BCUT2D eigenvalue weighted by molar-refractivity contribution is -0.133. The third-order valence-corrected chi connectivity index (χ3v) is 3.93. The number of hydrogen-bond acceptors (Lipinski definition) is 3. The van der Waals surface area contributed by atoms with E-state index in [4.69, 9.17) is 21.4 Å². The van der Waals surface area contributed by atoms with Crippen LogP contribution in [0.25, 0.3) is 0 Å². The molecule has 4 nitrogen and oxygen atoms in total. The molecule has 0 spiro atoms. The molecular formula is C16H22ClNO3. The van der Waals surface area contributed by atoms with Crippen LogP contribution in [0, 0.1) is 0 Å². The SMILES string of the molecule is O=C(Cc1cccc(Cl)c1)N1CCC(OCCCO)CC1. The average Bonchev–Trinajstić information content (AvgIpc) is 2.48. The van der Waals surface area contributed by atoms with E-state index >= 15 is 0 Å². The minimum atomic E-state index is 0.145. The Labute approximate surface area is 130 Å². The van der Waals surface area contributed by atoms with Crippen molar-refractivity contribution in [3.63, 3.8) is 0 Å². The number of rotatable bonds is 6. The fourth-order valence-electron chi connectivity index (χ4n) is 2.52. The van der Waals surface area contributed by atoms with Crippen molar-refractivity contribution in [1.29, 1.82) is 0 Å². The summed E-state index contributed by atoms with van der Waals surface area (Å²) in [6, 6.07) is 7.44. The third kappa shape index (κ3) is 5.30. The van der Waals surface area contributed by atoms with Crippen molar-refractivity contribution in [3.8, 4) is 0 Å². The van der Waals surface area contributed by atoms with Gasteiger partial charge in [-0.05, 0) is 37.0 Å². The molecule has 21 heavy (non-hydrogen) atoms. The first-order valence-corrected chi connectivity index (χ1v) is 7.81. The largest absolute Gasteiger partial charge is 0.396 e. The second-order valence-electron chi connectivity index (χ2n) is 5.33. The number of carbonyl (C=O) groups excluding carboxylic acids is 1. The number of amides is 1. The lowest BCUT2D eigenvalue weighted by Gasteiger charge is -2.32. The summed E-state index contributed by atoms with van der Waals surface area (Å²) < 4.78 is 5.67. The summed E-state index contributed by atoms with van der Waals surface area (Å²) in [7, 11) is 0. The number of benzene rings is 1. The van der Waals surface area contributed by atoms with Crippen LogP contribution in [0.3, 0.4) is 0 Å². The Kier molecular flexibility index (Phi) is 6.49. The number of piperidine rings is 1. The van der Waals surface area contributed by atoms with Gasteiger partial charge in [-0.1, -0.05) is 23.7 Å². The summed E-state index contributed by atoms with van der Waals surface area (Å²) in [5, 5.41) is 9.39. The van der Waals surface area contributed by atoms with Gasteiger partial charge >= 0.3 is 0 Å². The standard InChI is InChI=1S/C16H22ClNO3/c17-14-4-1-3-13(11-14)12-16(20)18-7-5-15(6-8-18)21-10-2-9-19/h1,3-4,11,15,19H,2,5-10,12H2. The van der Waals surface area contributed by atoms with E-state index in [-0.39, 0.29) is 18.6 Å². The second kappa shape index (κ2) is 8.37. The summed E-state index contributed by atoms with van der Waals surface area (Å²) in [6.07, 6.45) is 3.02. The van der Waals surface area contributed by atoms with Crippen molar-refractivity contribution in [1.82, 2.24) is 4.90 Å². The summed E-state index contributed by atoms with van der Waals surface area (Å²) in [6.45, 7) is 2.24. The minimum Gasteiger partial charge on any atom is -0.396 e. The first kappa shape index (κ1) is 16.3. The van der Waals surface area contributed by atoms with Gasteiger partial charge in [0.2, 0.25) is 5.91 Å². The Balaban J connectivity index is 1.75. The van der Waals surface area contributed by atoms with Crippen LogP contribution in [0.15, 0.2) is 24.3 Å². The van der Waals surface area contributed by atoms with Crippen LogP contribution in [0.2, 0.25) is 5.02 Å². The summed E-state index contributed by atoms with van der Waals surface area (Å²) in [5.41, 5.74) is 0.953. The van der Waals surface area contributed by atoms with Gasteiger partial charge in [0.05, 0.1) is 12.5 Å². The lowest BCUT2D eigenvalue weighted by Crippen LogP contribution is -2.41. The monoisotopic (exact) mass is 311 g/mol. The highest BCUT2D eigenvalue weighted by Crippen LogP contribution is 2.16. The molecule has 1 aromatic rings. The second-order valence-corrected chi connectivity index (χ2v) is 5.77. The molecule has 1 heterocycles. The van der Waals surface area contributed by atoms with Crippen LogP contribution in [0.5, 0.6) is 0 Å². The fourth-order valence-corrected chi connectivity index (χ4v) is 2.73. The van der Waals surface area contributed by atoms with Gasteiger partial charge in [0.25, 0.3) is 0 Å².